The Labute approximate surface area is 120 Å². The van der Waals surface area contributed by atoms with Gasteiger partial charge in [0.1, 0.15) is 5.84 Å². The van der Waals surface area contributed by atoms with E-state index < -0.39 is 15.1 Å². The first-order valence-corrected chi connectivity index (χ1v) is 8.12. The lowest BCUT2D eigenvalue weighted by Gasteiger charge is -2.02. The molecule has 0 amide bonds. The Kier molecular flexibility index (Phi) is 5.92. The molecule has 0 saturated carbocycles. The zero-order valence-corrected chi connectivity index (χ0v) is 12.1. The molecule has 8 nitrogen and oxygen atoms in total. The highest BCUT2D eigenvalue weighted by atomic mass is 32.2. The van der Waals surface area contributed by atoms with E-state index in [9.17, 15) is 18.5 Å². The lowest BCUT2D eigenvalue weighted by atomic mass is 10.2. The van der Waals surface area contributed by atoms with Gasteiger partial charge >= 0.3 is 10.2 Å². The number of nitrogens with zero attached hydrogens (tertiary/aromatic N) is 2. The Bertz CT molecular complexity index is 615. The van der Waals surface area contributed by atoms with Crippen LogP contribution in [0.3, 0.4) is 0 Å². The Morgan fingerprint density at radius 3 is 2.75 bits per heavy atom. The maximum Gasteiger partial charge on any atom is 0.318 e. The van der Waals surface area contributed by atoms with Crippen LogP contribution in [0.1, 0.15) is 12.0 Å². The van der Waals surface area contributed by atoms with Gasteiger partial charge in [-0.1, -0.05) is 12.1 Å². The van der Waals surface area contributed by atoms with E-state index in [0.29, 0.717) is 11.5 Å². The predicted octanol–water partition coefficient (Wildman–Crippen LogP) is 0.779. The van der Waals surface area contributed by atoms with Crippen LogP contribution in [-0.4, -0.2) is 24.9 Å². The zero-order valence-electron chi connectivity index (χ0n) is 10.4. The van der Waals surface area contributed by atoms with E-state index in [0.717, 1.165) is 5.56 Å². The summed E-state index contributed by atoms with van der Waals surface area (Å²) in [6, 6.07) is 6.31. The second kappa shape index (κ2) is 7.22. The molecular formula is C10H14N4O4S2. The van der Waals surface area contributed by atoms with Crippen LogP contribution in [0.25, 0.3) is 0 Å². The smallest absolute Gasteiger partial charge is 0.318 e. The van der Waals surface area contributed by atoms with Gasteiger partial charge in [0.15, 0.2) is 0 Å². The number of rotatable bonds is 7. The van der Waals surface area contributed by atoms with Crippen LogP contribution in [0.15, 0.2) is 28.7 Å². The van der Waals surface area contributed by atoms with Gasteiger partial charge in [0.2, 0.25) is 0 Å². The molecule has 0 heterocycles. The minimum absolute atomic E-state index is 0.0402. The molecule has 0 saturated heterocycles. The van der Waals surface area contributed by atoms with E-state index in [1.165, 1.54) is 23.9 Å². The first kappa shape index (κ1) is 16.4. The quantitative estimate of drug-likeness (QED) is 0.250. The van der Waals surface area contributed by atoms with Gasteiger partial charge in [-0.05, 0) is 5.56 Å². The molecule has 20 heavy (non-hydrogen) atoms. The molecule has 1 aromatic carbocycles. The highest BCUT2D eigenvalue weighted by Crippen LogP contribution is 2.18. The summed E-state index contributed by atoms with van der Waals surface area (Å²) >= 11 is 1.46. The third-order valence-corrected chi connectivity index (χ3v) is 3.66. The number of hydrogen-bond acceptors (Lipinski definition) is 5. The predicted molar refractivity (Wildman–Crippen MR) is 78.6 cm³/mol. The molecule has 4 N–H and O–H groups in total. The van der Waals surface area contributed by atoms with Crippen molar-refractivity contribution >= 4 is 33.5 Å². The van der Waals surface area contributed by atoms with Crippen LogP contribution in [0.4, 0.5) is 5.69 Å². The fraction of sp³-hybridized carbons (Fsp3) is 0.300. The van der Waals surface area contributed by atoms with Crippen molar-refractivity contribution in [2.75, 3.05) is 5.75 Å². The Morgan fingerprint density at radius 1 is 1.45 bits per heavy atom. The Morgan fingerprint density at radius 2 is 2.15 bits per heavy atom. The number of nitro groups is 1. The summed E-state index contributed by atoms with van der Waals surface area (Å²) in [5.74, 6) is 1.04. The molecule has 10 heteroatoms. The van der Waals surface area contributed by atoms with Crippen molar-refractivity contribution in [1.29, 1.82) is 0 Å². The van der Waals surface area contributed by atoms with Gasteiger partial charge in [-0.3, -0.25) is 10.1 Å². The maximum atomic E-state index is 10.6. The third kappa shape index (κ3) is 6.50. The average Bonchev–Trinajstić information content (AvgIpc) is 2.33. The first-order valence-electron chi connectivity index (χ1n) is 5.46. The second-order valence-electron chi connectivity index (χ2n) is 3.83. The summed E-state index contributed by atoms with van der Waals surface area (Å²) in [6.45, 7) is 0. The van der Waals surface area contributed by atoms with Gasteiger partial charge in [-0.15, -0.1) is 4.40 Å². The minimum atomic E-state index is -3.95. The van der Waals surface area contributed by atoms with E-state index >= 15 is 0 Å². The SMILES string of the molecule is N/C(CCSCc1cccc([N+](=O)[O-])c1)=N\S(N)(=O)=O. The fourth-order valence-electron chi connectivity index (χ4n) is 1.34. The molecule has 0 unspecified atom stereocenters. The van der Waals surface area contributed by atoms with Crippen LogP contribution in [-0.2, 0) is 16.0 Å². The Hall–Kier alpha value is -1.65. The molecule has 0 spiro atoms. The molecular weight excluding hydrogens is 304 g/mol. The monoisotopic (exact) mass is 318 g/mol. The van der Waals surface area contributed by atoms with Crippen molar-refractivity contribution < 1.29 is 13.3 Å². The highest BCUT2D eigenvalue weighted by molar-refractivity contribution is 7.98. The number of thioether (sulfide) groups is 1. The summed E-state index contributed by atoms with van der Waals surface area (Å²) in [5.41, 5.74) is 6.24. The minimum Gasteiger partial charge on any atom is -0.386 e. The molecule has 0 bridgehead atoms. The number of benzene rings is 1. The van der Waals surface area contributed by atoms with Gasteiger partial charge < -0.3 is 5.73 Å². The topological polar surface area (TPSA) is 142 Å². The van der Waals surface area contributed by atoms with Gasteiger partial charge in [0, 0.05) is 30.1 Å². The number of non-ortho nitro benzene ring substituents is 1. The standard InChI is InChI=1S/C10H14N4O4S2/c11-10(13-20(12,17)18)4-5-19-7-8-2-1-3-9(6-8)14(15)16/h1-3,6H,4-5,7H2,(H2,11,13)(H2,12,17,18). The summed E-state index contributed by atoms with van der Waals surface area (Å²) in [5, 5.41) is 15.3. The first-order chi connectivity index (χ1) is 9.28. The summed E-state index contributed by atoms with van der Waals surface area (Å²) in [6.07, 6.45) is 0.274. The molecule has 1 aromatic rings. The highest BCUT2D eigenvalue weighted by Gasteiger charge is 2.06. The van der Waals surface area contributed by atoms with Crippen molar-refractivity contribution in [3.8, 4) is 0 Å². The third-order valence-electron chi connectivity index (χ3n) is 2.14. The summed E-state index contributed by atoms with van der Waals surface area (Å²) in [4.78, 5) is 10.1. The van der Waals surface area contributed by atoms with Gasteiger partial charge in [-0.25, -0.2) is 5.14 Å². The van der Waals surface area contributed by atoms with Crippen molar-refractivity contribution in [3.63, 3.8) is 0 Å². The zero-order chi connectivity index (χ0) is 15.2. The van der Waals surface area contributed by atoms with Crippen molar-refractivity contribution in [3.05, 3.63) is 39.9 Å². The van der Waals surface area contributed by atoms with E-state index in [2.05, 4.69) is 4.40 Å². The molecule has 0 fully saturated rings. The van der Waals surface area contributed by atoms with Crippen LogP contribution in [0.2, 0.25) is 0 Å². The van der Waals surface area contributed by atoms with E-state index in [-0.39, 0.29) is 17.9 Å². The number of hydrogen-bond donors (Lipinski definition) is 2. The summed E-state index contributed by atoms with van der Waals surface area (Å²) in [7, 11) is -3.95. The molecule has 0 atom stereocenters. The molecule has 0 aliphatic carbocycles. The van der Waals surface area contributed by atoms with Gasteiger partial charge in [0.05, 0.1) is 4.92 Å². The van der Waals surface area contributed by atoms with E-state index in [1.807, 2.05) is 0 Å². The number of amidine groups is 1. The van der Waals surface area contributed by atoms with Gasteiger partial charge in [0.25, 0.3) is 5.69 Å². The summed E-state index contributed by atoms with van der Waals surface area (Å²) < 4.78 is 24.4. The van der Waals surface area contributed by atoms with Crippen molar-refractivity contribution in [2.24, 2.45) is 15.3 Å². The fourth-order valence-corrected chi connectivity index (χ4v) is 2.67. The molecule has 110 valence electrons. The molecule has 0 aliphatic rings. The van der Waals surface area contributed by atoms with E-state index in [1.54, 1.807) is 12.1 Å². The lowest BCUT2D eigenvalue weighted by molar-refractivity contribution is -0.384. The van der Waals surface area contributed by atoms with Crippen LogP contribution in [0, 0.1) is 10.1 Å². The molecule has 0 aromatic heterocycles. The number of nitro benzene ring substituents is 1. The Balaban J connectivity index is 2.44. The van der Waals surface area contributed by atoms with Crippen LogP contribution in [0.5, 0.6) is 0 Å². The largest absolute Gasteiger partial charge is 0.386 e. The molecule has 1 rings (SSSR count). The van der Waals surface area contributed by atoms with E-state index in [4.69, 9.17) is 10.9 Å². The lowest BCUT2D eigenvalue weighted by Crippen LogP contribution is -2.19. The normalized spacial score (nSPS) is 12.3. The molecule has 0 aliphatic heterocycles. The average molecular weight is 318 g/mol. The van der Waals surface area contributed by atoms with Gasteiger partial charge in [-0.2, -0.15) is 20.2 Å². The van der Waals surface area contributed by atoms with Crippen LogP contribution < -0.4 is 10.9 Å². The number of nitrogens with two attached hydrogens (primary N) is 2. The molecule has 0 radical (unpaired) electrons. The van der Waals surface area contributed by atoms with Crippen molar-refractivity contribution in [1.82, 2.24) is 0 Å². The van der Waals surface area contributed by atoms with Crippen molar-refractivity contribution in [2.45, 2.75) is 12.2 Å². The van der Waals surface area contributed by atoms with Crippen LogP contribution >= 0.6 is 11.8 Å². The maximum absolute atomic E-state index is 10.6. The second-order valence-corrected chi connectivity index (χ2v) is 6.14.